The average Bonchev–Trinajstić information content (AvgIpc) is 3.03. The normalized spacial score (nSPS) is 40.8. The highest BCUT2D eigenvalue weighted by molar-refractivity contribution is 5.90. The molecule has 1 amide bonds. The highest BCUT2D eigenvalue weighted by Gasteiger charge is 2.69. The average molecular weight is 476 g/mol. The first-order chi connectivity index (χ1) is 16.3. The van der Waals surface area contributed by atoms with Crippen LogP contribution in [0.15, 0.2) is 24.3 Å². The van der Waals surface area contributed by atoms with Gasteiger partial charge in [0, 0.05) is 31.6 Å². The van der Waals surface area contributed by atoms with E-state index in [2.05, 4.69) is 19.2 Å². The molecule has 1 N–H and O–H groups in total. The number of anilines is 1. The van der Waals surface area contributed by atoms with Crippen LogP contribution in [-0.4, -0.2) is 43.1 Å². The van der Waals surface area contributed by atoms with Gasteiger partial charge in [-0.15, -0.1) is 0 Å². The standard InChI is InChI=1S/C26H37NO7/c1-16-10-11-20-17(2)23(31-24-26(20)19(16)12-13-25(4,32-24)33-34-26)30-15-7-14-29-22-9-6-5-8-21(22)27-18(3)28/h5-6,8-9,16-17,19-20,23-24H,7,10-15H2,1-4H3,(H,27,28)/t16-,17-,19?,20+,23+,24-,25-,26-/m1/s1. The van der Waals surface area contributed by atoms with Crippen LogP contribution in [0.25, 0.3) is 0 Å². The highest BCUT2D eigenvalue weighted by Crippen LogP contribution is 2.60. The minimum Gasteiger partial charge on any atom is -0.491 e. The van der Waals surface area contributed by atoms with Gasteiger partial charge in [-0.3, -0.25) is 4.79 Å². The molecule has 4 heterocycles. The molecule has 6 rings (SSSR count). The van der Waals surface area contributed by atoms with Gasteiger partial charge in [0.1, 0.15) is 5.75 Å². The largest absolute Gasteiger partial charge is 0.491 e. The van der Waals surface area contributed by atoms with Crippen LogP contribution < -0.4 is 10.1 Å². The van der Waals surface area contributed by atoms with Gasteiger partial charge in [-0.2, -0.15) is 0 Å². The third kappa shape index (κ3) is 4.24. The Morgan fingerprint density at radius 3 is 2.76 bits per heavy atom. The lowest BCUT2D eigenvalue weighted by atomic mass is 9.58. The van der Waals surface area contributed by atoms with Gasteiger partial charge < -0.3 is 24.3 Å². The molecular weight excluding hydrogens is 438 g/mol. The van der Waals surface area contributed by atoms with Crippen LogP contribution >= 0.6 is 0 Å². The van der Waals surface area contributed by atoms with Crippen LogP contribution in [0.5, 0.6) is 5.75 Å². The molecule has 4 aliphatic heterocycles. The molecule has 1 unspecified atom stereocenters. The molecular formula is C26H37NO7. The lowest BCUT2D eigenvalue weighted by Crippen LogP contribution is -2.70. The zero-order valence-electron chi connectivity index (χ0n) is 20.6. The number of ether oxygens (including phenoxy) is 4. The maximum Gasteiger partial charge on any atom is 0.221 e. The van der Waals surface area contributed by atoms with Crippen LogP contribution in [0, 0.1) is 23.7 Å². The van der Waals surface area contributed by atoms with Crippen LogP contribution in [-0.2, 0) is 28.8 Å². The van der Waals surface area contributed by atoms with Crippen LogP contribution in [0.3, 0.4) is 0 Å². The minimum absolute atomic E-state index is 0.127. The van der Waals surface area contributed by atoms with Crippen molar-refractivity contribution in [3.8, 4) is 5.75 Å². The summed E-state index contributed by atoms with van der Waals surface area (Å²) in [6.07, 6.45) is 3.87. The number of para-hydroxylation sites is 2. The third-order valence-electron chi connectivity index (χ3n) is 8.12. The van der Waals surface area contributed by atoms with E-state index in [1.807, 2.05) is 31.2 Å². The van der Waals surface area contributed by atoms with Crippen molar-refractivity contribution in [1.82, 2.24) is 0 Å². The van der Waals surface area contributed by atoms with Crippen molar-refractivity contribution in [2.24, 2.45) is 23.7 Å². The van der Waals surface area contributed by atoms with Crippen molar-refractivity contribution >= 4 is 11.6 Å². The van der Waals surface area contributed by atoms with E-state index < -0.39 is 17.7 Å². The fraction of sp³-hybridized carbons (Fsp3) is 0.731. The number of carbonyl (C=O) groups is 1. The van der Waals surface area contributed by atoms with E-state index in [9.17, 15) is 4.79 Å². The molecule has 1 aliphatic carbocycles. The predicted molar refractivity (Wildman–Crippen MR) is 124 cm³/mol. The SMILES string of the molecule is CC(=O)Nc1ccccc1OCCCO[C@H]1O[C@@H]2O[C@@]3(C)CCC4[C@H](C)CC[C@@H]([C@H]1C)[C@]42OO3. The summed E-state index contributed by atoms with van der Waals surface area (Å²) in [7, 11) is 0. The second-order valence-corrected chi connectivity index (χ2v) is 10.5. The molecule has 8 heteroatoms. The van der Waals surface area contributed by atoms with Crippen LogP contribution in [0.4, 0.5) is 5.69 Å². The van der Waals surface area contributed by atoms with Crippen LogP contribution in [0.1, 0.15) is 59.8 Å². The second kappa shape index (κ2) is 9.39. The summed E-state index contributed by atoms with van der Waals surface area (Å²) in [6.45, 7) is 8.89. The number of benzene rings is 1. The number of hydrogen-bond donors (Lipinski definition) is 1. The summed E-state index contributed by atoms with van der Waals surface area (Å²) < 4.78 is 24.9. The molecule has 4 saturated heterocycles. The van der Waals surface area contributed by atoms with Gasteiger partial charge in [0.05, 0.1) is 18.9 Å². The highest BCUT2D eigenvalue weighted by atomic mass is 17.3. The Balaban J connectivity index is 1.20. The summed E-state index contributed by atoms with van der Waals surface area (Å²) in [5, 5.41) is 2.79. The van der Waals surface area contributed by atoms with Gasteiger partial charge in [-0.25, -0.2) is 9.78 Å². The number of rotatable bonds is 7. The van der Waals surface area contributed by atoms with Crippen molar-refractivity contribution in [3.63, 3.8) is 0 Å². The summed E-state index contributed by atoms with van der Waals surface area (Å²) in [4.78, 5) is 23.5. The monoisotopic (exact) mass is 475 g/mol. The molecule has 1 aromatic rings. The van der Waals surface area contributed by atoms with E-state index in [0.29, 0.717) is 42.9 Å². The molecule has 5 aliphatic rings. The molecule has 8 atom stereocenters. The van der Waals surface area contributed by atoms with Crippen molar-refractivity contribution in [3.05, 3.63) is 24.3 Å². The second-order valence-electron chi connectivity index (χ2n) is 10.5. The van der Waals surface area contributed by atoms with Crippen molar-refractivity contribution < 1.29 is 33.5 Å². The van der Waals surface area contributed by atoms with Gasteiger partial charge in [0.15, 0.2) is 18.2 Å². The Kier molecular flexibility index (Phi) is 6.63. The number of nitrogens with one attached hydrogen (secondary N) is 1. The van der Waals surface area contributed by atoms with Gasteiger partial charge in [-0.05, 0) is 50.2 Å². The number of carbonyl (C=O) groups excluding carboxylic acids is 1. The molecule has 0 radical (unpaired) electrons. The molecule has 2 bridgehead atoms. The molecule has 1 spiro atoms. The zero-order chi connectivity index (χ0) is 23.9. The molecule has 34 heavy (non-hydrogen) atoms. The first-order valence-corrected chi connectivity index (χ1v) is 12.6. The number of hydrogen-bond acceptors (Lipinski definition) is 7. The molecule has 0 aromatic heterocycles. The quantitative estimate of drug-likeness (QED) is 0.454. The Morgan fingerprint density at radius 1 is 1.12 bits per heavy atom. The van der Waals surface area contributed by atoms with E-state index in [1.54, 1.807) is 0 Å². The zero-order valence-corrected chi connectivity index (χ0v) is 20.6. The predicted octanol–water partition coefficient (Wildman–Crippen LogP) is 4.64. The van der Waals surface area contributed by atoms with E-state index in [-0.39, 0.29) is 24.0 Å². The Labute approximate surface area is 201 Å². The topological polar surface area (TPSA) is 84.5 Å². The lowest BCUT2D eigenvalue weighted by Gasteiger charge is -2.60. The fourth-order valence-corrected chi connectivity index (χ4v) is 6.39. The van der Waals surface area contributed by atoms with E-state index >= 15 is 0 Å². The van der Waals surface area contributed by atoms with E-state index in [4.69, 9.17) is 28.7 Å². The Bertz CT molecular complexity index is 896. The summed E-state index contributed by atoms with van der Waals surface area (Å²) in [6, 6.07) is 7.42. The Hall–Kier alpha value is -1.71. The molecule has 1 aromatic carbocycles. The minimum atomic E-state index is -0.780. The van der Waals surface area contributed by atoms with E-state index in [1.165, 1.54) is 13.3 Å². The molecule has 5 fully saturated rings. The maximum absolute atomic E-state index is 11.4. The smallest absolute Gasteiger partial charge is 0.221 e. The summed E-state index contributed by atoms with van der Waals surface area (Å²) >= 11 is 0. The fourth-order valence-electron chi connectivity index (χ4n) is 6.39. The van der Waals surface area contributed by atoms with Crippen LogP contribution in [0.2, 0.25) is 0 Å². The van der Waals surface area contributed by atoms with Gasteiger partial charge in [-0.1, -0.05) is 26.0 Å². The van der Waals surface area contributed by atoms with E-state index in [0.717, 1.165) is 19.3 Å². The van der Waals surface area contributed by atoms with Crippen molar-refractivity contribution in [2.75, 3.05) is 18.5 Å². The van der Waals surface area contributed by atoms with Gasteiger partial charge in [0.2, 0.25) is 11.7 Å². The molecule has 188 valence electrons. The Morgan fingerprint density at radius 2 is 1.94 bits per heavy atom. The van der Waals surface area contributed by atoms with Crippen molar-refractivity contribution in [1.29, 1.82) is 0 Å². The molecule has 8 nitrogen and oxygen atoms in total. The lowest BCUT2D eigenvalue weighted by molar-refractivity contribution is -0.577. The summed E-state index contributed by atoms with van der Waals surface area (Å²) in [5.41, 5.74) is 0.103. The number of amides is 1. The first kappa shape index (κ1) is 24.0. The van der Waals surface area contributed by atoms with Gasteiger partial charge in [0.25, 0.3) is 0 Å². The summed E-state index contributed by atoms with van der Waals surface area (Å²) in [5.74, 6) is 1.04. The van der Waals surface area contributed by atoms with Crippen molar-refractivity contribution in [2.45, 2.75) is 83.8 Å². The maximum atomic E-state index is 11.4. The number of fused-ring (bicyclic) bond motifs is 2. The first-order valence-electron chi connectivity index (χ1n) is 12.6. The van der Waals surface area contributed by atoms with Gasteiger partial charge >= 0.3 is 0 Å². The molecule has 1 saturated carbocycles. The third-order valence-corrected chi connectivity index (χ3v) is 8.12.